The zero-order chi connectivity index (χ0) is 13.7. The van der Waals surface area contributed by atoms with Gasteiger partial charge in [0.25, 0.3) is 0 Å². The van der Waals surface area contributed by atoms with E-state index in [9.17, 15) is 0 Å². The van der Waals surface area contributed by atoms with Crippen molar-refractivity contribution in [2.75, 3.05) is 20.6 Å². The summed E-state index contributed by atoms with van der Waals surface area (Å²) in [6.07, 6.45) is 5.45. The Morgan fingerprint density at radius 2 is 1.83 bits per heavy atom. The molecule has 0 heterocycles. The molecule has 0 aromatic rings. The van der Waals surface area contributed by atoms with E-state index >= 15 is 0 Å². The maximum absolute atomic E-state index is 3.95. The van der Waals surface area contributed by atoms with Crippen molar-refractivity contribution in [1.82, 2.24) is 10.2 Å². The molecular weight excluding hydrogens is 220 g/mol. The maximum Gasteiger partial charge on any atom is 0.0199 e. The van der Waals surface area contributed by atoms with Crippen LogP contribution in [0.25, 0.3) is 0 Å². The summed E-state index contributed by atoms with van der Waals surface area (Å²) in [5, 5.41) is 3.95. The van der Waals surface area contributed by atoms with E-state index in [1.165, 1.54) is 25.7 Å². The predicted octanol–water partition coefficient (Wildman–Crippen LogP) is 3.38. The molecule has 4 unspecified atom stereocenters. The molecule has 1 aliphatic carbocycles. The van der Waals surface area contributed by atoms with Crippen molar-refractivity contribution in [2.45, 2.75) is 65.5 Å². The Morgan fingerprint density at radius 3 is 2.33 bits per heavy atom. The van der Waals surface area contributed by atoms with Crippen LogP contribution in [0.4, 0.5) is 0 Å². The van der Waals surface area contributed by atoms with E-state index in [0.717, 1.165) is 30.3 Å². The van der Waals surface area contributed by atoms with Gasteiger partial charge in [0.1, 0.15) is 0 Å². The van der Waals surface area contributed by atoms with Crippen LogP contribution in [0.15, 0.2) is 0 Å². The lowest BCUT2D eigenvalue weighted by atomic mass is 9.79. The number of nitrogens with zero attached hydrogens (tertiary/aromatic N) is 1. The first-order valence-electron chi connectivity index (χ1n) is 7.79. The molecule has 0 aromatic carbocycles. The van der Waals surface area contributed by atoms with Crippen molar-refractivity contribution in [2.24, 2.45) is 17.8 Å². The molecule has 0 spiro atoms. The molecule has 2 heteroatoms. The van der Waals surface area contributed by atoms with E-state index in [1.807, 2.05) is 0 Å². The van der Waals surface area contributed by atoms with Crippen LogP contribution in [0.1, 0.15) is 53.4 Å². The van der Waals surface area contributed by atoms with Crippen molar-refractivity contribution in [3.8, 4) is 0 Å². The van der Waals surface area contributed by atoms with Crippen LogP contribution in [-0.2, 0) is 0 Å². The summed E-state index contributed by atoms with van der Waals surface area (Å²) in [5.41, 5.74) is 0. The number of hydrogen-bond acceptors (Lipinski definition) is 2. The third kappa shape index (κ3) is 5.71. The van der Waals surface area contributed by atoms with Crippen LogP contribution in [0.2, 0.25) is 0 Å². The van der Waals surface area contributed by atoms with Gasteiger partial charge in [0, 0.05) is 18.6 Å². The number of likely N-dealkylation sites (N-methyl/N-ethyl adjacent to an activating group) is 1. The first kappa shape index (κ1) is 16.0. The van der Waals surface area contributed by atoms with Gasteiger partial charge >= 0.3 is 0 Å². The first-order valence-corrected chi connectivity index (χ1v) is 7.79. The summed E-state index contributed by atoms with van der Waals surface area (Å²) in [7, 11) is 4.36. The Labute approximate surface area is 115 Å². The van der Waals surface area contributed by atoms with E-state index in [2.05, 4.69) is 52.0 Å². The van der Waals surface area contributed by atoms with Crippen molar-refractivity contribution in [3.05, 3.63) is 0 Å². The van der Waals surface area contributed by atoms with E-state index < -0.39 is 0 Å². The van der Waals surface area contributed by atoms with Gasteiger partial charge in [-0.1, -0.05) is 27.7 Å². The Hall–Kier alpha value is -0.0800. The molecule has 4 atom stereocenters. The van der Waals surface area contributed by atoms with Crippen molar-refractivity contribution in [3.63, 3.8) is 0 Å². The smallest absolute Gasteiger partial charge is 0.0199 e. The van der Waals surface area contributed by atoms with Crippen molar-refractivity contribution in [1.29, 1.82) is 0 Å². The third-order valence-electron chi connectivity index (χ3n) is 4.22. The summed E-state index contributed by atoms with van der Waals surface area (Å²) in [4.78, 5) is 2.32. The van der Waals surface area contributed by atoms with E-state index in [4.69, 9.17) is 0 Å². The Morgan fingerprint density at radius 1 is 1.17 bits per heavy atom. The molecule has 1 aliphatic rings. The first-order chi connectivity index (χ1) is 8.38. The largest absolute Gasteiger partial charge is 0.310 e. The van der Waals surface area contributed by atoms with Gasteiger partial charge in [0.15, 0.2) is 0 Å². The summed E-state index contributed by atoms with van der Waals surface area (Å²) in [5.74, 6) is 2.54. The van der Waals surface area contributed by atoms with E-state index in [0.29, 0.717) is 6.04 Å². The van der Waals surface area contributed by atoms with Crippen LogP contribution in [0.3, 0.4) is 0 Å². The Balaban J connectivity index is 2.48. The zero-order valence-corrected chi connectivity index (χ0v) is 13.4. The van der Waals surface area contributed by atoms with E-state index in [-0.39, 0.29) is 0 Å². The second-order valence-electron chi connectivity index (χ2n) is 7.26. The molecule has 0 radical (unpaired) electrons. The number of nitrogens with one attached hydrogen (secondary N) is 1. The quantitative estimate of drug-likeness (QED) is 0.782. The zero-order valence-electron chi connectivity index (χ0n) is 13.4. The third-order valence-corrected chi connectivity index (χ3v) is 4.22. The normalized spacial score (nSPS) is 31.0. The molecule has 1 N–H and O–H groups in total. The lowest BCUT2D eigenvalue weighted by Crippen LogP contribution is -2.48. The summed E-state index contributed by atoms with van der Waals surface area (Å²) in [6.45, 7) is 10.7. The molecule has 2 nitrogen and oxygen atoms in total. The number of rotatable bonds is 6. The average Bonchev–Trinajstić information content (AvgIpc) is 2.20. The summed E-state index contributed by atoms with van der Waals surface area (Å²) < 4.78 is 0. The number of hydrogen-bond donors (Lipinski definition) is 1. The predicted molar refractivity (Wildman–Crippen MR) is 80.9 cm³/mol. The minimum absolute atomic E-state index is 0.654. The SMILES string of the molecule is CC(C)CC(CN(C)C)NC1CCC(C)CC1C. The highest BCUT2D eigenvalue weighted by atomic mass is 15.1. The monoisotopic (exact) mass is 254 g/mol. The van der Waals surface area contributed by atoms with Gasteiger partial charge in [0.05, 0.1) is 0 Å². The van der Waals surface area contributed by atoms with Crippen LogP contribution in [0, 0.1) is 17.8 Å². The molecule has 1 saturated carbocycles. The lowest BCUT2D eigenvalue weighted by Gasteiger charge is -2.37. The second kappa shape index (κ2) is 7.49. The van der Waals surface area contributed by atoms with Gasteiger partial charge in [-0.2, -0.15) is 0 Å². The van der Waals surface area contributed by atoms with E-state index in [1.54, 1.807) is 0 Å². The van der Waals surface area contributed by atoms with Crippen LogP contribution in [-0.4, -0.2) is 37.6 Å². The van der Waals surface area contributed by atoms with Gasteiger partial charge in [-0.3, -0.25) is 0 Å². The molecule has 18 heavy (non-hydrogen) atoms. The highest BCUT2D eigenvalue weighted by molar-refractivity contribution is 4.85. The molecule has 1 fully saturated rings. The van der Waals surface area contributed by atoms with Gasteiger partial charge < -0.3 is 10.2 Å². The minimum atomic E-state index is 0.654. The van der Waals surface area contributed by atoms with Gasteiger partial charge in [0.2, 0.25) is 0 Å². The fraction of sp³-hybridized carbons (Fsp3) is 1.00. The highest BCUT2D eigenvalue weighted by Crippen LogP contribution is 2.29. The minimum Gasteiger partial charge on any atom is -0.310 e. The highest BCUT2D eigenvalue weighted by Gasteiger charge is 2.27. The molecule has 0 bridgehead atoms. The fourth-order valence-corrected chi connectivity index (χ4v) is 3.42. The van der Waals surface area contributed by atoms with Gasteiger partial charge in [-0.25, -0.2) is 0 Å². The molecule has 0 amide bonds. The van der Waals surface area contributed by atoms with Crippen molar-refractivity contribution < 1.29 is 0 Å². The average molecular weight is 254 g/mol. The van der Waals surface area contributed by atoms with Crippen molar-refractivity contribution >= 4 is 0 Å². The standard InChI is InChI=1S/C16H34N2/c1-12(2)9-15(11-18(5)6)17-16-8-7-13(3)10-14(16)4/h12-17H,7-11H2,1-6H3. The lowest BCUT2D eigenvalue weighted by molar-refractivity contribution is 0.191. The molecule has 1 rings (SSSR count). The molecular formula is C16H34N2. The molecule has 0 aromatic heterocycles. The Kier molecular flexibility index (Phi) is 6.65. The fourth-order valence-electron chi connectivity index (χ4n) is 3.42. The van der Waals surface area contributed by atoms with Crippen LogP contribution >= 0.6 is 0 Å². The van der Waals surface area contributed by atoms with Gasteiger partial charge in [-0.15, -0.1) is 0 Å². The molecule has 108 valence electrons. The molecule has 0 aliphatic heterocycles. The molecule has 0 saturated heterocycles. The summed E-state index contributed by atoms with van der Waals surface area (Å²) in [6, 6.07) is 1.39. The second-order valence-corrected chi connectivity index (χ2v) is 7.26. The van der Waals surface area contributed by atoms with Crippen LogP contribution < -0.4 is 5.32 Å². The van der Waals surface area contributed by atoms with Gasteiger partial charge in [-0.05, 0) is 57.5 Å². The topological polar surface area (TPSA) is 15.3 Å². The summed E-state index contributed by atoms with van der Waals surface area (Å²) >= 11 is 0. The maximum atomic E-state index is 3.95. The Bertz CT molecular complexity index is 215. The van der Waals surface area contributed by atoms with Crippen LogP contribution in [0.5, 0.6) is 0 Å².